The van der Waals surface area contributed by atoms with Gasteiger partial charge in [0.2, 0.25) is 21.6 Å². The van der Waals surface area contributed by atoms with Crippen molar-refractivity contribution >= 4 is 33.2 Å². The maximum atomic E-state index is 12.8. The molecule has 0 saturated carbocycles. The number of alkyl halides is 2. The molecule has 0 aliphatic rings. The molecule has 3 rings (SSSR count). The van der Waals surface area contributed by atoms with Gasteiger partial charge < -0.3 is 9.73 Å². The van der Waals surface area contributed by atoms with Gasteiger partial charge in [-0.1, -0.05) is 30.3 Å². The molecule has 2 aromatic carbocycles. The van der Waals surface area contributed by atoms with Crippen molar-refractivity contribution in [3.8, 4) is 11.5 Å². The summed E-state index contributed by atoms with van der Waals surface area (Å²) in [5.74, 6) is -3.24. The highest BCUT2D eigenvalue weighted by atomic mass is 32.2. The second kappa shape index (κ2) is 9.19. The predicted molar refractivity (Wildman–Crippen MR) is 106 cm³/mol. The number of carbonyl (C=O) groups excluding carboxylic acids is 1. The van der Waals surface area contributed by atoms with Crippen LogP contribution in [0.5, 0.6) is 0 Å². The Hall–Kier alpha value is -2.72. The van der Waals surface area contributed by atoms with Crippen molar-refractivity contribution < 1.29 is 26.4 Å². The zero-order valence-electron chi connectivity index (χ0n) is 14.9. The highest BCUT2D eigenvalue weighted by molar-refractivity contribution is 7.99. The average molecular weight is 438 g/mol. The van der Waals surface area contributed by atoms with Crippen molar-refractivity contribution in [2.75, 3.05) is 11.1 Å². The van der Waals surface area contributed by atoms with Gasteiger partial charge in [0, 0.05) is 11.3 Å². The zero-order chi connectivity index (χ0) is 20.9. The van der Waals surface area contributed by atoms with E-state index in [1.807, 2.05) is 30.3 Å². The molecule has 1 amide bonds. The maximum absolute atomic E-state index is 12.8. The summed E-state index contributed by atoms with van der Waals surface area (Å²) in [5, 5.41) is 2.37. The standard InChI is InChI=1S/C19H16F2N2O4S2/c20-19(21)29(25,26)16-9-5-4-8-15(16)23-17(24)12-28-11-14-10-27-18(22-14)13-6-2-1-3-7-13/h1-10,19H,11-12H2,(H,23,24). The van der Waals surface area contributed by atoms with E-state index in [4.69, 9.17) is 4.42 Å². The molecule has 3 aromatic rings. The molecule has 0 aliphatic heterocycles. The Morgan fingerprint density at radius 2 is 1.79 bits per heavy atom. The van der Waals surface area contributed by atoms with Gasteiger partial charge in [-0.2, -0.15) is 8.78 Å². The van der Waals surface area contributed by atoms with E-state index in [9.17, 15) is 22.0 Å². The van der Waals surface area contributed by atoms with E-state index in [1.54, 1.807) is 0 Å². The van der Waals surface area contributed by atoms with E-state index >= 15 is 0 Å². The van der Waals surface area contributed by atoms with Gasteiger partial charge in [0.25, 0.3) is 0 Å². The molecular weight excluding hydrogens is 422 g/mol. The minimum Gasteiger partial charge on any atom is -0.444 e. The van der Waals surface area contributed by atoms with Crippen molar-refractivity contribution in [2.24, 2.45) is 0 Å². The molecule has 1 heterocycles. The van der Waals surface area contributed by atoms with Crippen LogP contribution in [-0.2, 0) is 20.4 Å². The van der Waals surface area contributed by atoms with Crippen molar-refractivity contribution in [2.45, 2.75) is 16.4 Å². The number of aromatic nitrogens is 1. The van der Waals surface area contributed by atoms with E-state index in [-0.39, 0.29) is 11.4 Å². The highest BCUT2D eigenvalue weighted by Gasteiger charge is 2.29. The van der Waals surface area contributed by atoms with Crippen LogP contribution in [0.2, 0.25) is 0 Å². The first-order valence-corrected chi connectivity index (χ1v) is 11.1. The third kappa shape index (κ3) is 5.21. The van der Waals surface area contributed by atoms with E-state index in [0.29, 0.717) is 17.3 Å². The fourth-order valence-electron chi connectivity index (χ4n) is 2.44. The molecule has 29 heavy (non-hydrogen) atoms. The first-order valence-electron chi connectivity index (χ1n) is 8.36. The van der Waals surface area contributed by atoms with Crippen LogP contribution in [-0.4, -0.2) is 30.8 Å². The van der Waals surface area contributed by atoms with Crippen molar-refractivity contribution in [1.82, 2.24) is 4.98 Å². The number of halogens is 2. The number of benzene rings is 2. The minimum atomic E-state index is -4.82. The second-order valence-corrected chi connectivity index (χ2v) is 8.72. The quantitative estimate of drug-likeness (QED) is 0.567. The molecular formula is C19H16F2N2O4S2. The fraction of sp³-hybridized carbons (Fsp3) is 0.158. The lowest BCUT2D eigenvalue weighted by Gasteiger charge is -2.11. The number of hydrogen-bond donors (Lipinski definition) is 1. The summed E-state index contributed by atoms with van der Waals surface area (Å²) in [6.07, 6.45) is 1.50. The van der Waals surface area contributed by atoms with Crippen molar-refractivity contribution in [3.05, 3.63) is 66.6 Å². The topological polar surface area (TPSA) is 89.3 Å². The normalized spacial score (nSPS) is 11.6. The van der Waals surface area contributed by atoms with Crippen LogP contribution in [0.3, 0.4) is 0 Å². The molecule has 10 heteroatoms. The monoisotopic (exact) mass is 438 g/mol. The van der Waals surface area contributed by atoms with E-state index in [0.717, 1.165) is 11.6 Å². The van der Waals surface area contributed by atoms with Gasteiger partial charge in [-0.05, 0) is 24.3 Å². The predicted octanol–water partition coefficient (Wildman–Crippen LogP) is 4.21. The Labute approximate surface area is 170 Å². The van der Waals surface area contributed by atoms with Gasteiger partial charge in [0.1, 0.15) is 6.26 Å². The average Bonchev–Trinajstić information content (AvgIpc) is 3.18. The van der Waals surface area contributed by atoms with Crippen LogP contribution in [0.15, 0.2) is 70.2 Å². The summed E-state index contributed by atoms with van der Waals surface area (Å²) >= 11 is 1.23. The maximum Gasteiger partial charge on any atom is 0.341 e. The number of rotatable bonds is 8. The number of para-hydroxylation sites is 1. The molecule has 0 radical (unpaired) electrons. The number of hydrogen-bond acceptors (Lipinski definition) is 6. The lowest BCUT2D eigenvalue weighted by Crippen LogP contribution is -2.19. The van der Waals surface area contributed by atoms with Crippen molar-refractivity contribution in [3.63, 3.8) is 0 Å². The Morgan fingerprint density at radius 3 is 2.52 bits per heavy atom. The van der Waals surface area contributed by atoms with E-state index in [2.05, 4.69) is 10.3 Å². The first kappa shape index (κ1) is 21.0. The van der Waals surface area contributed by atoms with Gasteiger partial charge in [-0.15, -0.1) is 11.8 Å². The summed E-state index contributed by atoms with van der Waals surface area (Å²) in [6.45, 7) is 0. The van der Waals surface area contributed by atoms with Gasteiger partial charge in [-0.3, -0.25) is 4.79 Å². The summed E-state index contributed by atoms with van der Waals surface area (Å²) in [6, 6.07) is 14.4. The van der Waals surface area contributed by atoms with Crippen LogP contribution < -0.4 is 5.32 Å². The molecule has 0 bridgehead atoms. The number of amides is 1. The fourth-order valence-corrected chi connectivity index (χ4v) is 4.02. The molecule has 0 unspecified atom stereocenters. The molecule has 0 fully saturated rings. The molecule has 152 valence electrons. The number of carbonyl (C=O) groups is 1. The van der Waals surface area contributed by atoms with Gasteiger partial charge in [0.05, 0.1) is 22.0 Å². The third-order valence-electron chi connectivity index (χ3n) is 3.76. The van der Waals surface area contributed by atoms with Gasteiger partial charge in [-0.25, -0.2) is 13.4 Å². The zero-order valence-corrected chi connectivity index (χ0v) is 16.6. The Bertz CT molecular complexity index is 1090. The van der Waals surface area contributed by atoms with E-state index in [1.165, 1.54) is 36.2 Å². The van der Waals surface area contributed by atoms with Crippen LogP contribution in [0.1, 0.15) is 5.69 Å². The molecule has 0 spiro atoms. The summed E-state index contributed by atoms with van der Waals surface area (Å²) < 4.78 is 54.5. The molecule has 6 nitrogen and oxygen atoms in total. The van der Waals surface area contributed by atoms with Crippen LogP contribution in [0.25, 0.3) is 11.5 Å². The molecule has 0 aliphatic carbocycles. The smallest absolute Gasteiger partial charge is 0.341 e. The molecule has 0 atom stereocenters. The minimum absolute atomic E-state index is 0.0173. The second-order valence-electron chi connectivity index (χ2n) is 5.85. The largest absolute Gasteiger partial charge is 0.444 e. The Morgan fingerprint density at radius 1 is 1.10 bits per heavy atom. The Kier molecular flexibility index (Phi) is 6.65. The summed E-state index contributed by atoms with van der Waals surface area (Å²) in [7, 11) is -4.82. The first-order chi connectivity index (χ1) is 13.9. The van der Waals surface area contributed by atoms with E-state index < -0.39 is 26.4 Å². The SMILES string of the molecule is O=C(CSCc1coc(-c2ccccc2)n1)Nc1ccccc1S(=O)(=O)C(F)F. The highest BCUT2D eigenvalue weighted by Crippen LogP contribution is 2.26. The number of sulfone groups is 1. The molecule has 1 N–H and O–H groups in total. The number of thioether (sulfide) groups is 1. The number of oxazole rings is 1. The lowest BCUT2D eigenvalue weighted by molar-refractivity contribution is -0.113. The third-order valence-corrected chi connectivity index (χ3v) is 6.16. The number of anilines is 1. The number of nitrogens with zero attached hydrogens (tertiary/aromatic N) is 1. The van der Waals surface area contributed by atoms with Crippen LogP contribution in [0, 0.1) is 0 Å². The van der Waals surface area contributed by atoms with Crippen LogP contribution in [0.4, 0.5) is 14.5 Å². The Balaban J connectivity index is 1.57. The summed E-state index contributed by atoms with van der Waals surface area (Å²) in [5.41, 5.74) is 1.30. The lowest BCUT2D eigenvalue weighted by atomic mass is 10.2. The number of nitrogens with one attached hydrogen (secondary N) is 1. The molecule has 0 saturated heterocycles. The van der Waals surface area contributed by atoms with Crippen LogP contribution >= 0.6 is 11.8 Å². The van der Waals surface area contributed by atoms with Gasteiger partial charge >= 0.3 is 5.76 Å². The molecule has 1 aromatic heterocycles. The van der Waals surface area contributed by atoms with Gasteiger partial charge in [0.15, 0.2) is 0 Å². The van der Waals surface area contributed by atoms with Crippen molar-refractivity contribution in [1.29, 1.82) is 0 Å². The summed E-state index contributed by atoms with van der Waals surface area (Å²) in [4.78, 5) is 15.9.